The molecule has 1 aromatic rings. The molecule has 1 rings (SSSR count). The van der Waals surface area contributed by atoms with E-state index in [-0.39, 0.29) is 17.7 Å². The van der Waals surface area contributed by atoms with Crippen molar-refractivity contribution in [3.63, 3.8) is 0 Å². The highest BCUT2D eigenvalue weighted by atomic mass is 16.5. The molecule has 0 saturated heterocycles. The van der Waals surface area contributed by atoms with Gasteiger partial charge in [0, 0.05) is 11.2 Å². The van der Waals surface area contributed by atoms with Gasteiger partial charge < -0.3 is 15.4 Å². The van der Waals surface area contributed by atoms with E-state index in [1.54, 1.807) is 0 Å². The van der Waals surface area contributed by atoms with Crippen LogP contribution in [0.1, 0.15) is 34.6 Å². The van der Waals surface area contributed by atoms with Gasteiger partial charge in [0.05, 0.1) is 6.10 Å². The molecule has 4 nitrogen and oxygen atoms in total. The molecule has 0 radical (unpaired) electrons. The maximum Gasteiger partial charge on any atom is 0.319 e. The summed E-state index contributed by atoms with van der Waals surface area (Å²) in [6.45, 7) is 9.76. The number of carbonyl (C=O) groups excluding carboxylic acids is 1. The molecular weight excluding hydrogens is 228 g/mol. The predicted octanol–water partition coefficient (Wildman–Crippen LogP) is 3.39. The summed E-state index contributed by atoms with van der Waals surface area (Å²) in [6, 6.07) is 7.11. The molecule has 0 aliphatic heterocycles. The fraction of sp³-hybridized carbons (Fsp3) is 0.500. The summed E-state index contributed by atoms with van der Waals surface area (Å²) in [6.07, 6.45) is 0.146. The number of rotatable bonds is 3. The topological polar surface area (TPSA) is 50.4 Å². The van der Waals surface area contributed by atoms with E-state index in [0.717, 1.165) is 11.4 Å². The van der Waals surface area contributed by atoms with Gasteiger partial charge in [-0.25, -0.2) is 4.79 Å². The molecule has 2 N–H and O–H groups in total. The third kappa shape index (κ3) is 5.57. The van der Waals surface area contributed by atoms with Crippen molar-refractivity contribution in [3.8, 4) is 5.75 Å². The molecule has 0 fully saturated rings. The molecule has 0 heterocycles. The first-order valence-corrected chi connectivity index (χ1v) is 6.12. The van der Waals surface area contributed by atoms with E-state index in [0.29, 0.717) is 0 Å². The van der Waals surface area contributed by atoms with Crippen molar-refractivity contribution >= 4 is 11.7 Å². The van der Waals surface area contributed by atoms with Crippen molar-refractivity contribution in [1.82, 2.24) is 5.32 Å². The molecule has 4 heteroatoms. The van der Waals surface area contributed by atoms with E-state index in [4.69, 9.17) is 4.74 Å². The number of hydrogen-bond donors (Lipinski definition) is 2. The molecule has 2 amide bonds. The van der Waals surface area contributed by atoms with Gasteiger partial charge in [0.1, 0.15) is 5.75 Å². The predicted molar refractivity (Wildman–Crippen MR) is 74.1 cm³/mol. The van der Waals surface area contributed by atoms with E-state index in [9.17, 15) is 4.79 Å². The molecule has 0 spiro atoms. The zero-order chi connectivity index (χ0) is 13.8. The van der Waals surface area contributed by atoms with Gasteiger partial charge in [0.25, 0.3) is 0 Å². The molecule has 0 bridgehead atoms. The number of carbonyl (C=O) groups is 1. The minimum absolute atomic E-state index is 0.146. The summed E-state index contributed by atoms with van der Waals surface area (Å²) in [5, 5.41) is 5.61. The van der Waals surface area contributed by atoms with Crippen LogP contribution in [0.15, 0.2) is 24.3 Å². The normalized spacial score (nSPS) is 11.2. The number of amides is 2. The van der Waals surface area contributed by atoms with E-state index in [1.807, 2.05) is 58.9 Å². The van der Waals surface area contributed by atoms with Gasteiger partial charge >= 0.3 is 6.03 Å². The summed E-state index contributed by atoms with van der Waals surface area (Å²) in [5.41, 5.74) is 0.498. The molecule has 0 saturated carbocycles. The highest BCUT2D eigenvalue weighted by molar-refractivity contribution is 5.89. The smallest absolute Gasteiger partial charge is 0.319 e. The van der Waals surface area contributed by atoms with Crippen molar-refractivity contribution in [2.75, 3.05) is 5.32 Å². The van der Waals surface area contributed by atoms with Crippen LogP contribution >= 0.6 is 0 Å². The van der Waals surface area contributed by atoms with E-state index in [1.165, 1.54) is 0 Å². The Hall–Kier alpha value is -1.71. The highest BCUT2D eigenvalue weighted by Gasteiger charge is 2.13. The van der Waals surface area contributed by atoms with Crippen molar-refractivity contribution in [2.24, 2.45) is 0 Å². The number of nitrogens with one attached hydrogen (secondary N) is 2. The molecule has 0 aliphatic rings. The van der Waals surface area contributed by atoms with Crippen LogP contribution in [0, 0.1) is 0 Å². The lowest BCUT2D eigenvalue weighted by Gasteiger charge is -2.20. The van der Waals surface area contributed by atoms with E-state index >= 15 is 0 Å². The van der Waals surface area contributed by atoms with E-state index in [2.05, 4.69) is 10.6 Å². The van der Waals surface area contributed by atoms with Gasteiger partial charge in [-0.1, -0.05) is 0 Å². The summed E-state index contributed by atoms with van der Waals surface area (Å²) < 4.78 is 5.53. The third-order valence-electron chi connectivity index (χ3n) is 1.97. The molecule has 0 atom stereocenters. The van der Waals surface area contributed by atoms with Crippen LogP contribution in [0.3, 0.4) is 0 Å². The van der Waals surface area contributed by atoms with Crippen LogP contribution in [0.4, 0.5) is 10.5 Å². The van der Waals surface area contributed by atoms with Gasteiger partial charge in [0.15, 0.2) is 0 Å². The molecule has 0 unspecified atom stereocenters. The van der Waals surface area contributed by atoms with Gasteiger partial charge in [-0.2, -0.15) is 0 Å². The standard InChI is InChI=1S/C14H22N2O2/c1-10(2)18-12-8-6-11(7-9-12)15-13(17)16-14(3,4)5/h6-10H,1-5H3,(H2,15,16,17). The van der Waals surface area contributed by atoms with Gasteiger partial charge in [-0.3, -0.25) is 0 Å². The minimum atomic E-state index is -0.245. The van der Waals surface area contributed by atoms with Crippen LogP contribution in [-0.2, 0) is 0 Å². The number of benzene rings is 1. The first kappa shape index (κ1) is 14.4. The lowest BCUT2D eigenvalue weighted by atomic mass is 10.1. The molecule has 100 valence electrons. The van der Waals surface area contributed by atoms with Crippen LogP contribution < -0.4 is 15.4 Å². The summed E-state index contributed by atoms with van der Waals surface area (Å²) >= 11 is 0. The Bertz CT molecular complexity index is 391. The van der Waals surface area contributed by atoms with Gasteiger partial charge in [-0.15, -0.1) is 0 Å². The summed E-state index contributed by atoms with van der Waals surface area (Å²) in [4.78, 5) is 11.6. The number of anilines is 1. The largest absolute Gasteiger partial charge is 0.491 e. The van der Waals surface area contributed by atoms with Crippen LogP contribution in [0.2, 0.25) is 0 Å². The molecule has 0 aromatic heterocycles. The second-order valence-corrected chi connectivity index (χ2v) is 5.52. The van der Waals surface area contributed by atoms with Crippen molar-refractivity contribution < 1.29 is 9.53 Å². The summed E-state index contributed by atoms with van der Waals surface area (Å²) in [7, 11) is 0. The minimum Gasteiger partial charge on any atom is -0.491 e. The fourth-order valence-corrected chi connectivity index (χ4v) is 1.39. The highest BCUT2D eigenvalue weighted by Crippen LogP contribution is 2.16. The van der Waals surface area contributed by atoms with Crippen molar-refractivity contribution in [1.29, 1.82) is 0 Å². The maximum absolute atomic E-state index is 11.6. The fourth-order valence-electron chi connectivity index (χ4n) is 1.39. The lowest BCUT2D eigenvalue weighted by molar-refractivity contribution is 0.241. The van der Waals surface area contributed by atoms with Crippen LogP contribution in [-0.4, -0.2) is 17.7 Å². The zero-order valence-corrected chi connectivity index (χ0v) is 11.7. The molecule has 1 aromatic carbocycles. The maximum atomic E-state index is 11.6. The second-order valence-electron chi connectivity index (χ2n) is 5.52. The lowest BCUT2D eigenvalue weighted by Crippen LogP contribution is -2.43. The van der Waals surface area contributed by atoms with Crippen molar-refractivity contribution in [3.05, 3.63) is 24.3 Å². The average molecular weight is 250 g/mol. The summed E-state index contributed by atoms with van der Waals surface area (Å²) in [5.74, 6) is 0.798. The third-order valence-corrected chi connectivity index (χ3v) is 1.97. The first-order chi connectivity index (χ1) is 8.26. The zero-order valence-electron chi connectivity index (χ0n) is 11.7. The molecule has 18 heavy (non-hydrogen) atoms. The Morgan fingerprint density at radius 1 is 1.17 bits per heavy atom. The Labute approximate surface area is 109 Å². The van der Waals surface area contributed by atoms with Gasteiger partial charge in [0.2, 0.25) is 0 Å². The van der Waals surface area contributed by atoms with Crippen LogP contribution in [0.5, 0.6) is 5.75 Å². The second kappa shape index (κ2) is 5.76. The Morgan fingerprint density at radius 2 is 1.72 bits per heavy atom. The average Bonchev–Trinajstić information content (AvgIpc) is 2.17. The first-order valence-electron chi connectivity index (χ1n) is 6.12. The SMILES string of the molecule is CC(C)Oc1ccc(NC(=O)NC(C)(C)C)cc1. The van der Waals surface area contributed by atoms with Crippen molar-refractivity contribution in [2.45, 2.75) is 46.3 Å². The number of ether oxygens (including phenoxy) is 1. The Morgan fingerprint density at radius 3 is 2.17 bits per heavy atom. The van der Waals surface area contributed by atoms with Gasteiger partial charge in [-0.05, 0) is 58.9 Å². The Kier molecular flexibility index (Phi) is 4.59. The molecular formula is C14H22N2O2. The number of hydrogen-bond acceptors (Lipinski definition) is 2. The quantitative estimate of drug-likeness (QED) is 0.864. The van der Waals surface area contributed by atoms with E-state index < -0.39 is 0 Å². The monoisotopic (exact) mass is 250 g/mol. The molecule has 0 aliphatic carbocycles. The number of urea groups is 1. The Balaban J connectivity index is 2.56. The van der Waals surface area contributed by atoms with Crippen LogP contribution in [0.25, 0.3) is 0 Å².